The number of hydrogen-bond donors (Lipinski definition) is 1. The molecule has 0 fully saturated rings. The predicted molar refractivity (Wildman–Crippen MR) is 85.2 cm³/mol. The van der Waals surface area contributed by atoms with Gasteiger partial charge in [-0.3, -0.25) is 9.59 Å². The maximum atomic E-state index is 12.3. The number of benzene rings is 2. The lowest BCUT2D eigenvalue weighted by Gasteiger charge is -2.04. The molecule has 0 aliphatic carbocycles. The monoisotopic (exact) mass is 309 g/mol. The topological polar surface area (TPSA) is 78.6 Å². The summed E-state index contributed by atoms with van der Waals surface area (Å²) in [6.45, 7) is 1.77. The molecule has 5 heteroatoms. The average Bonchev–Trinajstić information content (AvgIpc) is 2.83. The van der Waals surface area contributed by atoms with E-state index < -0.39 is 5.91 Å². The third-order valence-corrected chi connectivity index (χ3v) is 3.40. The highest BCUT2D eigenvalue weighted by molar-refractivity contribution is 6.14. The number of ether oxygens (including phenoxy) is 2. The Hall–Kier alpha value is -3.08. The van der Waals surface area contributed by atoms with Gasteiger partial charge in [0.05, 0.1) is 5.56 Å². The summed E-state index contributed by atoms with van der Waals surface area (Å²) in [5.74, 6) is 0.350. The average molecular weight is 309 g/mol. The van der Waals surface area contributed by atoms with Gasteiger partial charge in [0, 0.05) is 6.07 Å². The molecular weight excluding hydrogens is 294 g/mol. The van der Waals surface area contributed by atoms with Crippen molar-refractivity contribution in [2.24, 2.45) is 5.73 Å². The number of aryl methyl sites for hydroxylation is 1. The number of carbonyl (C=O) groups is 2. The molecule has 0 unspecified atom stereocenters. The third-order valence-electron chi connectivity index (χ3n) is 3.40. The molecule has 2 N–H and O–H groups in total. The minimum atomic E-state index is -0.567. The third kappa shape index (κ3) is 3.23. The smallest absolute Gasteiger partial charge is 0.255 e. The van der Waals surface area contributed by atoms with E-state index in [0.717, 1.165) is 11.1 Å². The summed E-state index contributed by atoms with van der Waals surface area (Å²) in [5.41, 5.74) is 7.53. The minimum absolute atomic E-state index is 0.179. The number of nitrogens with two attached hydrogens (primary N) is 1. The molecule has 1 heterocycles. The van der Waals surface area contributed by atoms with E-state index in [1.165, 1.54) is 0 Å². The number of amides is 1. The number of carbonyl (C=O) groups excluding carboxylic acids is 2. The van der Waals surface area contributed by atoms with Crippen LogP contribution in [0.2, 0.25) is 0 Å². The Labute approximate surface area is 133 Å². The number of ketones is 1. The zero-order chi connectivity index (χ0) is 16.4. The van der Waals surface area contributed by atoms with E-state index in [0.29, 0.717) is 17.1 Å². The molecule has 0 saturated carbocycles. The van der Waals surface area contributed by atoms with Crippen molar-refractivity contribution in [2.75, 3.05) is 6.61 Å². The van der Waals surface area contributed by atoms with Crippen LogP contribution in [0.4, 0.5) is 0 Å². The fourth-order valence-electron chi connectivity index (χ4n) is 2.23. The Morgan fingerprint density at radius 3 is 2.65 bits per heavy atom. The van der Waals surface area contributed by atoms with Crippen LogP contribution in [-0.4, -0.2) is 18.3 Å². The lowest BCUT2D eigenvalue weighted by molar-refractivity contribution is -0.119. The van der Waals surface area contributed by atoms with Crippen LogP contribution in [-0.2, 0) is 4.79 Å². The largest absolute Gasteiger partial charge is 0.484 e. The van der Waals surface area contributed by atoms with Crippen molar-refractivity contribution in [2.45, 2.75) is 6.92 Å². The van der Waals surface area contributed by atoms with Crippen molar-refractivity contribution >= 4 is 17.8 Å². The second-order valence-corrected chi connectivity index (χ2v) is 5.26. The SMILES string of the molecule is Cc1ccc(/C=C2\Oc3cc(OCC(N)=O)ccc3C2=O)cc1. The van der Waals surface area contributed by atoms with Crippen molar-refractivity contribution in [3.05, 3.63) is 64.9 Å². The first-order chi connectivity index (χ1) is 11.0. The zero-order valence-corrected chi connectivity index (χ0v) is 12.5. The van der Waals surface area contributed by atoms with E-state index in [2.05, 4.69) is 0 Å². The summed E-state index contributed by atoms with van der Waals surface area (Å²) < 4.78 is 10.8. The maximum Gasteiger partial charge on any atom is 0.255 e. The lowest BCUT2D eigenvalue weighted by Crippen LogP contribution is -2.19. The fourth-order valence-corrected chi connectivity index (χ4v) is 2.23. The lowest BCUT2D eigenvalue weighted by atomic mass is 10.1. The molecule has 1 aliphatic rings. The van der Waals surface area contributed by atoms with Gasteiger partial charge in [0.25, 0.3) is 5.91 Å². The van der Waals surface area contributed by atoms with E-state index >= 15 is 0 Å². The molecular formula is C18H15NO4. The molecule has 0 atom stereocenters. The van der Waals surface area contributed by atoms with Crippen LogP contribution < -0.4 is 15.2 Å². The second kappa shape index (κ2) is 5.96. The zero-order valence-electron chi connectivity index (χ0n) is 12.5. The quantitative estimate of drug-likeness (QED) is 0.880. The summed E-state index contributed by atoms with van der Waals surface area (Å²) in [5, 5.41) is 0. The van der Waals surface area contributed by atoms with Gasteiger partial charge in [0.1, 0.15) is 11.5 Å². The van der Waals surface area contributed by atoms with Crippen LogP contribution in [0, 0.1) is 6.92 Å². The van der Waals surface area contributed by atoms with Crippen molar-refractivity contribution < 1.29 is 19.1 Å². The molecule has 2 aromatic rings. The summed E-state index contributed by atoms with van der Waals surface area (Å²) in [4.78, 5) is 23.1. The first kappa shape index (κ1) is 14.8. The van der Waals surface area contributed by atoms with Crippen LogP contribution in [0.25, 0.3) is 6.08 Å². The Morgan fingerprint density at radius 1 is 1.22 bits per heavy atom. The van der Waals surface area contributed by atoms with Gasteiger partial charge in [0.15, 0.2) is 12.4 Å². The first-order valence-corrected chi connectivity index (χ1v) is 7.09. The highest BCUT2D eigenvalue weighted by Crippen LogP contribution is 2.34. The van der Waals surface area contributed by atoms with E-state index in [9.17, 15) is 9.59 Å². The Balaban J connectivity index is 1.83. The van der Waals surface area contributed by atoms with Crippen LogP contribution in [0.5, 0.6) is 11.5 Å². The molecule has 3 rings (SSSR count). The molecule has 116 valence electrons. The Kier molecular flexibility index (Phi) is 3.85. The van der Waals surface area contributed by atoms with Crippen LogP contribution in [0.1, 0.15) is 21.5 Å². The second-order valence-electron chi connectivity index (χ2n) is 5.26. The van der Waals surface area contributed by atoms with Crippen molar-refractivity contribution in [3.8, 4) is 11.5 Å². The van der Waals surface area contributed by atoms with Crippen molar-refractivity contribution in [3.63, 3.8) is 0 Å². The summed E-state index contributed by atoms with van der Waals surface area (Å²) >= 11 is 0. The van der Waals surface area contributed by atoms with Crippen LogP contribution >= 0.6 is 0 Å². The summed E-state index contributed by atoms with van der Waals surface area (Å²) in [7, 11) is 0. The van der Waals surface area contributed by atoms with Gasteiger partial charge in [-0.05, 0) is 30.7 Å². The number of Topliss-reactive ketones (excluding diaryl/α,β-unsaturated/α-hetero) is 1. The number of allylic oxidation sites excluding steroid dienone is 1. The molecule has 0 radical (unpaired) electrons. The van der Waals surface area contributed by atoms with Gasteiger partial charge in [0.2, 0.25) is 5.78 Å². The van der Waals surface area contributed by atoms with Gasteiger partial charge in [-0.1, -0.05) is 29.8 Å². The molecule has 1 aliphatic heterocycles. The molecule has 0 saturated heterocycles. The first-order valence-electron chi connectivity index (χ1n) is 7.09. The van der Waals surface area contributed by atoms with Gasteiger partial charge >= 0.3 is 0 Å². The van der Waals surface area contributed by atoms with Gasteiger partial charge < -0.3 is 15.2 Å². The summed E-state index contributed by atoms with van der Waals surface area (Å²) in [6.07, 6.45) is 1.70. The van der Waals surface area contributed by atoms with E-state index in [4.69, 9.17) is 15.2 Å². The maximum absolute atomic E-state index is 12.3. The molecule has 1 amide bonds. The Morgan fingerprint density at radius 2 is 1.96 bits per heavy atom. The predicted octanol–water partition coefficient (Wildman–Crippen LogP) is 2.48. The van der Waals surface area contributed by atoms with Crippen molar-refractivity contribution in [1.82, 2.24) is 0 Å². The molecule has 0 aromatic heterocycles. The van der Waals surface area contributed by atoms with Crippen LogP contribution in [0.3, 0.4) is 0 Å². The fraction of sp³-hybridized carbons (Fsp3) is 0.111. The molecule has 23 heavy (non-hydrogen) atoms. The van der Waals surface area contributed by atoms with Gasteiger partial charge in [-0.25, -0.2) is 0 Å². The standard InChI is InChI=1S/C18H15NO4/c1-11-2-4-12(5-3-11)8-16-18(21)14-7-6-13(9-15(14)23-16)22-10-17(19)20/h2-9H,10H2,1H3,(H2,19,20)/b16-8-. The summed E-state index contributed by atoms with van der Waals surface area (Å²) in [6, 6.07) is 12.6. The van der Waals surface area contributed by atoms with Gasteiger partial charge in [-0.15, -0.1) is 0 Å². The van der Waals surface area contributed by atoms with Crippen LogP contribution in [0.15, 0.2) is 48.2 Å². The van der Waals surface area contributed by atoms with E-state index in [1.54, 1.807) is 24.3 Å². The van der Waals surface area contributed by atoms with Crippen molar-refractivity contribution in [1.29, 1.82) is 0 Å². The highest BCUT2D eigenvalue weighted by Gasteiger charge is 2.27. The molecule has 0 bridgehead atoms. The number of hydrogen-bond acceptors (Lipinski definition) is 4. The van der Waals surface area contributed by atoms with Gasteiger partial charge in [-0.2, -0.15) is 0 Å². The highest BCUT2D eigenvalue weighted by atomic mass is 16.5. The molecule has 5 nitrogen and oxygen atoms in total. The molecule has 0 spiro atoms. The number of fused-ring (bicyclic) bond motifs is 1. The minimum Gasteiger partial charge on any atom is -0.484 e. The van der Waals surface area contributed by atoms with E-state index in [1.807, 2.05) is 31.2 Å². The van der Waals surface area contributed by atoms with E-state index in [-0.39, 0.29) is 18.1 Å². The Bertz CT molecular complexity index is 806. The molecule has 2 aromatic carbocycles. The number of rotatable bonds is 4. The number of primary amides is 1. The normalized spacial score (nSPS) is 14.5.